The highest BCUT2D eigenvalue weighted by Gasteiger charge is 2.27. The van der Waals surface area contributed by atoms with Crippen LogP contribution in [-0.2, 0) is 4.79 Å². The number of rotatable bonds is 4. The molecule has 1 saturated heterocycles. The van der Waals surface area contributed by atoms with Crippen LogP contribution in [0.3, 0.4) is 0 Å². The molecular weight excluding hydrogens is 252 g/mol. The largest absolute Gasteiger partial charge is 0.350 e. The third kappa shape index (κ3) is 2.90. The number of hydrogen-bond donors (Lipinski definition) is 0. The molecule has 1 aromatic heterocycles. The van der Waals surface area contributed by atoms with Gasteiger partial charge in [0.15, 0.2) is 5.82 Å². The summed E-state index contributed by atoms with van der Waals surface area (Å²) in [6.45, 7) is 1.65. The molecule has 0 spiro atoms. The quantitative estimate of drug-likeness (QED) is 0.769. The number of nitrogens with zero attached hydrogens (tertiary/aromatic N) is 4. The topological polar surface area (TPSA) is 49.3 Å². The average molecular weight is 269 g/mol. The van der Waals surface area contributed by atoms with Gasteiger partial charge in [0.2, 0.25) is 5.91 Å². The first-order valence-electron chi connectivity index (χ1n) is 6.06. The molecule has 1 fully saturated rings. The molecule has 1 amide bonds. The second-order valence-electron chi connectivity index (χ2n) is 4.48. The number of carbonyl (C=O) groups is 1. The SMILES string of the molecule is CN(CC1CCCN1c1cccnn1)C(=O)CCl. The Kier molecular flexibility index (Phi) is 4.36. The van der Waals surface area contributed by atoms with Crippen LogP contribution in [0, 0.1) is 0 Å². The Morgan fingerprint density at radius 1 is 1.67 bits per heavy atom. The summed E-state index contributed by atoms with van der Waals surface area (Å²) in [6, 6.07) is 4.14. The highest BCUT2D eigenvalue weighted by Crippen LogP contribution is 2.23. The molecule has 98 valence electrons. The van der Waals surface area contributed by atoms with E-state index < -0.39 is 0 Å². The minimum Gasteiger partial charge on any atom is -0.350 e. The van der Waals surface area contributed by atoms with Crippen LogP contribution in [0.5, 0.6) is 0 Å². The Morgan fingerprint density at radius 2 is 2.50 bits per heavy atom. The average Bonchev–Trinajstić information content (AvgIpc) is 2.86. The molecule has 2 heterocycles. The summed E-state index contributed by atoms with van der Waals surface area (Å²) >= 11 is 5.56. The van der Waals surface area contributed by atoms with Crippen LogP contribution in [-0.4, -0.2) is 53.1 Å². The molecular formula is C12H17ClN4O. The van der Waals surface area contributed by atoms with E-state index in [2.05, 4.69) is 15.1 Å². The summed E-state index contributed by atoms with van der Waals surface area (Å²) in [5.74, 6) is 0.878. The highest BCUT2D eigenvalue weighted by molar-refractivity contribution is 6.27. The van der Waals surface area contributed by atoms with Gasteiger partial charge >= 0.3 is 0 Å². The molecule has 1 aliphatic heterocycles. The number of amides is 1. The molecule has 1 unspecified atom stereocenters. The Labute approximate surface area is 112 Å². The van der Waals surface area contributed by atoms with Gasteiger partial charge in [0.25, 0.3) is 0 Å². The molecule has 0 saturated carbocycles. The van der Waals surface area contributed by atoms with Crippen LogP contribution in [0.25, 0.3) is 0 Å². The van der Waals surface area contributed by atoms with Gasteiger partial charge in [-0.05, 0) is 25.0 Å². The standard InChI is InChI=1S/C12H17ClN4O/c1-16(12(18)8-13)9-10-4-3-7-17(10)11-5-2-6-14-15-11/h2,5-6,10H,3-4,7-9H2,1H3. The lowest BCUT2D eigenvalue weighted by molar-refractivity contribution is -0.127. The first-order chi connectivity index (χ1) is 8.72. The van der Waals surface area contributed by atoms with Crippen molar-refractivity contribution in [2.24, 2.45) is 0 Å². The van der Waals surface area contributed by atoms with Crippen molar-refractivity contribution in [1.82, 2.24) is 15.1 Å². The minimum atomic E-state index is -0.0392. The predicted molar refractivity (Wildman–Crippen MR) is 70.8 cm³/mol. The lowest BCUT2D eigenvalue weighted by atomic mass is 10.2. The van der Waals surface area contributed by atoms with Crippen LogP contribution in [0.2, 0.25) is 0 Å². The summed E-state index contributed by atoms with van der Waals surface area (Å²) in [7, 11) is 1.79. The van der Waals surface area contributed by atoms with E-state index in [1.54, 1.807) is 18.1 Å². The number of carbonyl (C=O) groups excluding carboxylic acids is 1. The van der Waals surface area contributed by atoms with Crippen LogP contribution in [0.1, 0.15) is 12.8 Å². The van der Waals surface area contributed by atoms with Crippen molar-refractivity contribution >= 4 is 23.3 Å². The third-order valence-corrected chi connectivity index (χ3v) is 3.48. The Bertz CT molecular complexity index is 400. The second-order valence-corrected chi connectivity index (χ2v) is 4.75. The lowest BCUT2D eigenvalue weighted by Crippen LogP contribution is -2.42. The van der Waals surface area contributed by atoms with E-state index in [9.17, 15) is 4.79 Å². The monoisotopic (exact) mass is 268 g/mol. The minimum absolute atomic E-state index is 0.0361. The van der Waals surface area contributed by atoms with Crippen molar-refractivity contribution in [3.05, 3.63) is 18.3 Å². The summed E-state index contributed by atoms with van der Waals surface area (Å²) in [5.41, 5.74) is 0. The summed E-state index contributed by atoms with van der Waals surface area (Å²) in [4.78, 5) is 15.4. The van der Waals surface area contributed by atoms with E-state index in [-0.39, 0.29) is 11.8 Å². The van der Waals surface area contributed by atoms with Gasteiger partial charge in [-0.2, -0.15) is 5.10 Å². The molecule has 0 bridgehead atoms. The predicted octanol–water partition coefficient (Wildman–Crippen LogP) is 1.14. The van der Waals surface area contributed by atoms with Crippen molar-refractivity contribution in [3.8, 4) is 0 Å². The molecule has 0 aromatic carbocycles. The van der Waals surface area contributed by atoms with Crippen LogP contribution < -0.4 is 4.90 Å². The fraction of sp³-hybridized carbons (Fsp3) is 0.583. The van der Waals surface area contributed by atoms with Gasteiger partial charge in [-0.25, -0.2) is 0 Å². The van der Waals surface area contributed by atoms with E-state index >= 15 is 0 Å². The third-order valence-electron chi connectivity index (χ3n) is 3.25. The van der Waals surface area contributed by atoms with Gasteiger partial charge in [0.05, 0.1) is 0 Å². The van der Waals surface area contributed by atoms with Gasteiger partial charge in [0.1, 0.15) is 5.88 Å². The zero-order valence-electron chi connectivity index (χ0n) is 10.4. The van der Waals surface area contributed by atoms with Gasteiger partial charge in [-0.15, -0.1) is 16.7 Å². The van der Waals surface area contributed by atoms with Crippen molar-refractivity contribution in [2.75, 3.05) is 30.9 Å². The zero-order valence-corrected chi connectivity index (χ0v) is 11.2. The zero-order chi connectivity index (χ0) is 13.0. The van der Waals surface area contributed by atoms with Gasteiger partial charge in [0, 0.05) is 32.4 Å². The smallest absolute Gasteiger partial charge is 0.237 e. The first kappa shape index (κ1) is 13.1. The van der Waals surface area contributed by atoms with Gasteiger partial charge in [-0.3, -0.25) is 4.79 Å². The number of hydrogen-bond acceptors (Lipinski definition) is 4. The van der Waals surface area contributed by atoms with Crippen LogP contribution in [0.4, 0.5) is 5.82 Å². The highest BCUT2D eigenvalue weighted by atomic mass is 35.5. The number of aromatic nitrogens is 2. The fourth-order valence-electron chi connectivity index (χ4n) is 2.29. The maximum atomic E-state index is 11.5. The van der Waals surface area contributed by atoms with E-state index in [0.29, 0.717) is 12.6 Å². The number of anilines is 1. The summed E-state index contributed by atoms with van der Waals surface area (Å²) in [5, 5.41) is 8.03. The maximum Gasteiger partial charge on any atom is 0.237 e. The van der Waals surface area contributed by atoms with Crippen molar-refractivity contribution in [1.29, 1.82) is 0 Å². The van der Waals surface area contributed by atoms with E-state index in [1.807, 2.05) is 12.1 Å². The molecule has 0 N–H and O–H groups in total. The lowest BCUT2D eigenvalue weighted by Gasteiger charge is -2.28. The first-order valence-corrected chi connectivity index (χ1v) is 6.60. The Hall–Kier alpha value is -1.36. The van der Waals surface area contributed by atoms with Crippen molar-refractivity contribution in [3.63, 3.8) is 0 Å². The molecule has 1 atom stereocenters. The summed E-state index contributed by atoms with van der Waals surface area (Å²) < 4.78 is 0. The molecule has 2 rings (SSSR count). The van der Waals surface area contributed by atoms with Gasteiger partial charge < -0.3 is 9.80 Å². The molecule has 1 aliphatic rings. The van der Waals surface area contributed by atoms with E-state index in [4.69, 9.17) is 11.6 Å². The Morgan fingerprint density at radius 3 is 3.17 bits per heavy atom. The van der Waals surface area contributed by atoms with Crippen LogP contribution in [0.15, 0.2) is 18.3 Å². The number of halogens is 1. The molecule has 6 heteroatoms. The molecule has 5 nitrogen and oxygen atoms in total. The molecule has 0 aliphatic carbocycles. The summed E-state index contributed by atoms with van der Waals surface area (Å²) in [6.07, 6.45) is 3.85. The molecule has 1 aromatic rings. The van der Waals surface area contributed by atoms with Gasteiger partial charge in [-0.1, -0.05) is 0 Å². The molecule has 18 heavy (non-hydrogen) atoms. The Balaban J connectivity index is 2.02. The normalized spacial score (nSPS) is 19.0. The molecule has 0 radical (unpaired) electrons. The van der Waals surface area contributed by atoms with Crippen molar-refractivity contribution < 1.29 is 4.79 Å². The maximum absolute atomic E-state index is 11.5. The fourth-order valence-corrected chi connectivity index (χ4v) is 2.50. The van der Waals surface area contributed by atoms with Crippen molar-refractivity contribution in [2.45, 2.75) is 18.9 Å². The second kappa shape index (κ2) is 6.00. The number of alkyl halides is 1. The van der Waals surface area contributed by atoms with E-state index in [1.165, 1.54) is 0 Å². The number of likely N-dealkylation sites (N-methyl/N-ethyl adjacent to an activating group) is 1. The van der Waals surface area contributed by atoms with Crippen LogP contribution >= 0.6 is 11.6 Å². The van der Waals surface area contributed by atoms with E-state index in [0.717, 1.165) is 25.2 Å².